The van der Waals surface area contributed by atoms with E-state index in [2.05, 4.69) is 5.32 Å². The fraction of sp³-hybridized carbons (Fsp3) is 0.333. The van der Waals surface area contributed by atoms with Gasteiger partial charge in [0.05, 0.1) is 17.7 Å². The van der Waals surface area contributed by atoms with Crippen LogP contribution in [-0.4, -0.2) is 28.7 Å². The number of halogens is 2. The Hall–Kier alpha value is -1.00. The van der Waals surface area contributed by atoms with Gasteiger partial charge in [-0.25, -0.2) is 4.39 Å². The predicted molar refractivity (Wildman–Crippen MR) is 53.3 cm³/mol. The Kier molecular flexibility index (Phi) is 3.98. The molecule has 0 fully saturated rings. The number of rotatable bonds is 4. The molecular weight excluding hydrogens is 209 g/mol. The second kappa shape index (κ2) is 5.02. The average molecular weight is 220 g/mol. The fourth-order valence-corrected chi connectivity index (χ4v) is 1.05. The lowest BCUT2D eigenvalue weighted by molar-refractivity contribution is 0.211. The van der Waals surface area contributed by atoms with Gasteiger partial charge in [-0.1, -0.05) is 0 Å². The van der Waals surface area contributed by atoms with Crippen LogP contribution in [0.4, 0.5) is 10.1 Å². The molecule has 1 aromatic rings. The summed E-state index contributed by atoms with van der Waals surface area (Å²) in [5, 5.41) is 21.1. The van der Waals surface area contributed by atoms with Crippen molar-refractivity contribution >= 4 is 17.3 Å². The summed E-state index contributed by atoms with van der Waals surface area (Å²) in [5.74, 6) is -0.590. The van der Waals surface area contributed by atoms with E-state index in [9.17, 15) is 9.50 Å². The molecule has 0 spiro atoms. The largest absolute Gasteiger partial charge is 0.506 e. The molecule has 3 nitrogen and oxygen atoms in total. The van der Waals surface area contributed by atoms with Crippen molar-refractivity contribution in [2.75, 3.05) is 17.7 Å². The molecular formula is C9H11ClFNO2. The summed E-state index contributed by atoms with van der Waals surface area (Å²) in [6.07, 6.45) is -0.693. The maximum atomic E-state index is 12.6. The van der Waals surface area contributed by atoms with E-state index in [1.54, 1.807) is 0 Å². The van der Waals surface area contributed by atoms with Gasteiger partial charge in [0, 0.05) is 12.6 Å². The quantitative estimate of drug-likeness (QED) is 0.532. The molecule has 14 heavy (non-hydrogen) atoms. The number of phenolic OH excluding ortho intramolecular Hbond substituents is 1. The molecule has 0 saturated carbocycles. The highest BCUT2D eigenvalue weighted by Gasteiger charge is 2.05. The van der Waals surface area contributed by atoms with Crippen molar-refractivity contribution in [2.45, 2.75) is 6.10 Å². The molecule has 3 N–H and O–H groups in total. The van der Waals surface area contributed by atoms with E-state index in [1.807, 2.05) is 0 Å². The lowest BCUT2D eigenvalue weighted by Gasteiger charge is -2.10. The molecule has 0 saturated heterocycles. The van der Waals surface area contributed by atoms with Gasteiger partial charge in [-0.2, -0.15) is 0 Å². The molecule has 78 valence electrons. The molecule has 1 aromatic carbocycles. The van der Waals surface area contributed by atoms with Gasteiger partial charge in [0.2, 0.25) is 0 Å². The van der Waals surface area contributed by atoms with Gasteiger partial charge in [0.15, 0.2) is 0 Å². The first kappa shape index (κ1) is 11.1. The molecule has 1 rings (SSSR count). The average Bonchev–Trinajstić information content (AvgIpc) is 2.16. The van der Waals surface area contributed by atoms with E-state index in [4.69, 9.17) is 16.7 Å². The molecule has 0 aliphatic rings. The van der Waals surface area contributed by atoms with E-state index in [-0.39, 0.29) is 18.2 Å². The molecule has 0 amide bonds. The molecule has 0 aromatic heterocycles. The number of hydrogen-bond donors (Lipinski definition) is 3. The van der Waals surface area contributed by atoms with Crippen LogP contribution in [0, 0.1) is 5.82 Å². The van der Waals surface area contributed by atoms with E-state index in [1.165, 1.54) is 12.1 Å². The Morgan fingerprint density at radius 1 is 1.50 bits per heavy atom. The van der Waals surface area contributed by atoms with E-state index in [0.29, 0.717) is 5.69 Å². The molecule has 0 aliphatic carbocycles. The van der Waals surface area contributed by atoms with Gasteiger partial charge >= 0.3 is 0 Å². The molecule has 5 heteroatoms. The van der Waals surface area contributed by atoms with Crippen LogP contribution in [0.3, 0.4) is 0 Å². The normalized spacial score (nSPS) is 12.5. The van der Waals surface area contributed by atoms with Crippen LogP contribution in [0.15, 0.2) is 18.2 Å². The van der Waals surface area contributed by atoms with Gasteiger partial charge in [0.25, 0.3) is 0 Å². The fourth-order valence-electron chi connectivity index (χ4n) is 0.937. The lowest BCUT2D eigenvalue weighted by Crippen LogP contribution is -2.20. The first-order chi connectivity index (χ1) is 6.63. The minimum Gasteiger partial charge on any atom is -0.506 e. The van der Waals surface area contributed by atoms with Crippen LogP contribution >= 0.6 is 11.6 Å². The second-order valence-corrected chi connectivity index (χ2v) is 3.16. The van der Waals surface area contributed by atoms with E-state index >= 15 is 0 Å². The van der Waals surface area contributed by atoms with Crippen molar-refractivity contribution in [3.8, 4) is 5.75 Å². The number of aliphatic hydroxyl groups excluding tert-OH is 1. The number of phenols is 1. The Morgan fingerprint density at radius 2 is 2.21 bits per heavy atom. The van der Waals surface area contributed by atoms with Gasteiger partial charge < -0.3 is 15.5 Å². The monoisotopic (exact) mass is 219 g/mol. The van der Waals surface area contributed by atoms with Crippen LogP contribution in [0.25, 0.3) is 0 Å². The van der Waals surface area contributed by atoms with E-state index < -0.39 is 11.9 Å². The number of nitrogens with one attached hydrogen (secondary N) is 1. The second-order valence-electron chi connectivity index (χ2n) is 2.85. The van der Waals surface area contributed by atoms with Crippen LogP contribution < -0.4 is 5.32 Å². The summed E-state index contributed by atoms with van der Waals surface area (Å²) in [7, 11) is 0. The SMILES string of the molecule is Oc1cc(F)ccc1NCC(O)CCl. The van der Waals surface area contributed by atoms with Gasteiger partial charge in [-0.3, -0.25) is 0 Å². The number of aromatic hydroxyl groups is 1. The predicted octanol–water partition coefficient (Wildman–Crippen LogP) is 1.54. The summed E-state index contributed by atoms with van der Waals surface area (Å²) in [5.41, 5.74) is 0.371. The van der Waals surface area contributed by atoms with Crippen LogP contribution in [0.5, 0.6) is 5.75 Å². The molecule has 1 atom stereocenters. The third-order valence-electron chi connectivity index (χ3n) is 1.67. The first-order valence-corrected chi connectivity index (χ1v) is 4.63. The maximum Gasteiger partial charge on any atom is 0.141 e. The highest BCUT2D eigenvalue weighted by molar-refractivity contribution is 6.18. The zero-order valence-electron chi connectivity index (χ0n) is 7.37. The number of anilines is 1. The van der Waals surface area contributed by atoms with Crippen LogP contribution in [-0.2, 0) is 0 Å². The number of hydrogen-bond acceptors (Lipinski definition) is 3. The Bertz CT molecular complexity index is 309. The Morgan fingerprint density at radius 3 is 2.79 bits per heavy atom. The molecule has 0 radical (unpaired) electrons. The maximum absolute atomic E-state index is 12.6. The number of aliphatic hydroxyl groups is 1. The summed E-state index contributed by atoms with van der Waals surface area (Å²) in [4.78, 5) is 0. The summed E-state index contributed by atoms with van der Waals surface area (Å²) >= 11 is 5.37. The number of benzene rings is 1. The standard InChI is InChI=1S/C9H11ClFNO2/c10-4-7(13)5-12-8-2-1-6(11)3-9(8)14/h1-3,7,12-14H,4-5H2. The minimum atomic E-state index is -0.693. The molecule has 0 aliphatic heterocycles. The zero-order chi connectivity index (χ0) is 10.6. The van der Waals surface area contributed by atoms with Crippen molar-refractivity contribution in [1.82, 2.24) is 0 Å². The Labute approximate surface area is 86.1 Å². The summed E-state index contributed by atoms with van der Waals surface area (Å²) in [6.45, 7) is 0.211. The van der Waals surface area contributed by atoms with Crippen molar-refractivity contribution < 1.29 is 14.6 Å². The summed E-state index contributed by atoms with van der Waals surface area (Å²) in [6, 6.07) is 3.61. The van der Waals surface area contributed by atoms with Gasteiger partial charge in [0.1, 0.15) is 11.6 Å². The smallest absolute Gasteiger partial charge is 0.141 e. The third-order valence-corrected chi connectivity index (χ3v) is 2.02. The topological polar surface area (TPSA) is 52.5 Å². The molecule has 1 unspecified atom stereocenters. The zero-order valence-corrected chi connectivity index (χ0v) is 8.13. The van der Waals surface area contributed by atoms with Crippen molar-refractivity contribution in [3.05, 3.63) is 24.0 Å². The summed E-state index contributed by atoms with van der Waals surface area (Å²) < 4.78 is 12.6. The van der Waals surface area contributed by atoms with Crippen molar-refractivity contribution in [3.63, 3.8) is 0 Å². The van der Waals surface area contributed by atoms with E-state index in [0.717, 1.165) is 6.07 Å². The lowest BCUT2D eigenvalue weighted by atomic mass is 10.2. The number of alkyl halides is 1. The molecule has 0 heterocycles. The third kappa shape index (κ3) is 3.05. The van der Waals surface area contributed by atoms with Crippen molar-refractivity contribution in [2.24, 2.45) is 0 Å². The van der Waals surface area contributed by atoms with Crippen LogP contribution in [0.2, 0.25) is 0 Å². The van der Waals surface area contributed by atoms with Gasteiger partial charge in [-0.05, 0) is 12.1 Å². The minimum absolute atomic E-state index is 0.106. The first-order valence-electron chi connectivity index (χ1n) is 4.10. The van der Waals surface area contributed by atoms with Gasteiger partial charge in [-0.15, -0.1) is 11.6 Å². The van der Waals surface area contributed by atoms with Crippen molar-refractivity contribution in [1.29, 1.82) is 0 Å². The molecule has 0 bridgehead atoms. The highest BCUT2D eigenvalue weighted by atomic mass is 35.5. The van der Waals surface area contributed by atoms with Crippen LogP contribution in [0.1, 0.15) is 0 Å². The Balaban J connectivity index is 2.59. The highest BCUT2D eigenvalue weighted by Crippen LogP contribution is 2.23.